The van der Waals surface area contributed by atoms with Crippen molar-refractivity contribution < 1.29 is 5.11 Å². The minimum atomic E-state index is -0.470. The van der Waals surface area contributed by atoms with E-state index in [2.05, 4.69) is 21.8 Å². The van der Waals surface area contributed by atoms with Crippen LogP contribution in [-0.2, 0) is 7.05 Å². The van der Waals surface area contributed by atoms with Crippen molar-refractivity contribution in [2.24, 2.45) is 7.05 Å². The van der Waals surface area contributed by atoms with E-state index in [1.807, 2.05) is 32.2 Å². The third-order valence-corrected chi connectivity index (χ3v) is 4.06. The molecule has 0 saturated heterocycles. The predicted molar refractivity (Wildman–Crippen MR) is 87.4 cm³/mol. The lowest BCUT2D eigenvalue weighted by molar-refractivity contribution is 0.175. The summed E-state index contributed by atoms with van der Waals surface area (Å²) in [6.45, 7) is 5.78. The van der Waals surface area contributed by atoms with Gasteiger partial charge in [-0.25, -0.2) is 4.98 Å². The molecule has 2 rings (SSSR count). The van der Waals surface area contributed by atoms with Gasteiger partial charge in [-0.3, -0.25) is 0 Å². The van der Waals surface area contributed by atoms with Crippen LogP contribution in [0.4, 0.5) is 0 Å². The molecular weight excluding hydrogens is 262 g/mol. The van der Waals surface area contributed by atoms with E-state index in [9.17, 15) is 5.11 Å². The molecule has 0 radical (unpaired) electrons. The van der Waals surface area contributed by atoms with Crippen molar-refractivity contribution in [2.75, 3.05) is 13.1 Å². The SMILES string of the molecule is CCCCCCNCC(O)c1ccc2c(c1)nc(C)n2C. The second-order valence-electron chi connectivity index (χ2n) is 5.75. The second-order valence-corrected chi connectivity index (χ2v) is 5.75. The lowest BCUT2D eigenvalue weighted by Gasteiger charge is -2.12. The lowest BCUT2D eigenvalue weighted by Crippen LogP contribution is -2.22. The number of aromatic nitrogens is 2. The van der Waals surface area contributed by atoms with Crippen LogP contribution in [0.25, 0.3) is 11.0 Å². The lowest BCUT2D eigenvalue weighted by atomic mass is 10.1. The van der Waals surface area contributed by atoms with Crippen LogP contribution in [0.15, 0.2) is 18.2 Å². The van der Waals surface area contributed by atoms with Crippen molar-refractivity contribution in [3.8, 4) is 0 Å². The predicted octanol–water partition coefficient (Wildman–Crippen LogP) is 3.09. The van der Waals surface area contributed by atoms with Crippen LogP contribution in [0.2, 0.25) is 0 Å². The van der Waals surface area contributed by atoms with Crippen molar-refractivity contribution in [1.82, 2.24) is 14.9 Å². The van der Waals surface area contributed by atoms with E-state index in [4.69, 9.17) is 0 Å². The van der Waals surface area contributed by atoms with Crippen molar-refractivity contribution in [1.29, 1.82) is 0 Å². The van der Waals surface area contributed by atoms with Crippen LogP contribution in [-0.4, -0.2) is 27.7 Å². The molecule has 1 aromatic carbocycles. The maximum atomic E-state index is 10.3. The van der Waals surface area contributed by atoms with Gasteiger partial charge in [-0.2, -0.15) is 0 Å². The topological polar surface area (TPSA) is 50.1 Å². The van der Waals surface area contributed by atoms with Crippen LogP contribution in [0.1, 0.15) is 50.1 Å². The number of unbranched alkanes of at least 4 members (excludes halogenated alkanes) is 3. The number of aliphatic hydroxyl groups excluding tert-OH is 1. The van der Waals surface area contributed by atoms with Crippen LogP contribution >= 0.6 is 0 Å². The second kappa shape index (κ2) is 7.57. The maximum Gasteiger partial charge on any atom is 0.106 e. The average molecular weight is 289 g/mol. The molecule has 0 bridgehead atoms. The molecule has 2 N–H and O–H groups in total. The molecule has 0 amide bonds. The summed E-state index contributed by atoms with van der Waals surface area (Å²) in [6.07, 6.45) is 4.52. The first-order valence-corrected chi connectivity index (χ1v) is 7.95. The van der Waals surface area contributed by atoms with Crippen molar-refractivity contribution >= 4 is 11.0 Å². The molecule has 21 heavy (non-hydrogen) atoms. The van der Waals surface area contributed by atoms with Gasteiger partial charge in [0.05, 0.1) is 17.1 Å². The Kier molecular flexibility index (Phi) is 5.76. The summed E-state index contributed by atoms with van der Waals surface area (Å²) >= 11 is 0. The molecule has 0 aliphatic carbocycles. The van der Waals surface area contributed by atoms with Gasteiger partial charge in [-0.1, -0.05) is 32.3 Å². The van der Waals surface area contributed by atoms with Gasteiger partial charge in [0.1, 0.15) is 5.82 Å². The summed E-state index contributed by atoms with van der Waals surface area (Å²) in [6, 6.07) is 6.02. The number of nitrogens with zero attached hydrogens (tertiary/aromatic N) is 2. The van der Waals surface area contributed by atoms with Crippen molar-refractivity contribution in [3.63, 3.8) is 0 Å². The van der Waals surface area contributed by atoms with Gasteiger partial charge in [-0.05, 0) is 37.6 Å². The van der Waals surface area contributed by atoms with Gasteiger partial charge < -0.3 is 15.0 Å². The fourth-order valence-corrected chi connectivity index (χ4v) is 2.58. The normalized spacial score (nSPS) is 13.0. The Labute approximate surface area is 127 Å². The van der Waals surface area contributed by atoms with Gasteiger partial charge in [0.2, 0.25) is 0 Å². The summed E-state index contributed by atoms with van der Waals surface area (Å²) < 4.78 is 2.07. The Morgan fingerprint density at radius 1 is 1.29 bits per heavy atom. The third kappa shape index (κ3) is 4.05. The monoisotopic (exact) mass is 289 g/mol. The van der Waals surface area contributed by atoms with Gasteiger partial charge in [0.25, 0.3) is 0 Å². The first-order chi connectivity index (χ1) is 10.1. The quantitative estimate of drug-likeness (QED) is 0.734. The van der Waals surface area contributed by atoms with E-state index >= 15 is 0 Å². The van der Waals surface area contributed by atoms with E-state index in [1.165, 1.54) is 25.7 Å². The van der Waals surface area contributed by atoms with E-state index < -0.39 is 6.10 Å². The van der Waals surface area contributed by atoms with E-state index in [-0.39, 0.29) is 0 Å². The van der Waals surface area contributed by atoms with Crippen LogP contribution < -0.4 is 5.32 Å². The van der Waals surface area contributed by atoms with E-state index in [0.29, 0.717) is 6.54 Å². The molecular formula is C17H27N3O. The fraction of sp³-hybridized carbons (Fsp3) is 0.588. The molecule has 116 valence electrons. The first-order valence-electron chi connectivity index (χ1n) is 7.95. The molecule has 1 heterocycles. The molecule has 4 nitrogen and oxygen atoms in total. The number of benzene rings is 1. The molecule has 2 aromatic rings. The first kappa shape index (κ1) is 16.0. The number of fused-ring (bicyclic) bond motifs is 1. The highest BCUT2D eigenvalue weighted by Crippen LogP contribution is 2.20. The van der Waals surface area contributed by atoms with Gasteiger partial charge in [-0.15, -0.1) is 0 Å². The molecule has 0 fully saturated rings. The summed E-state index contributed by atoms with van der Waals surface area (Å²) in [5.74, 6) is 0.991. The number of nitrogens with one attached hydrogen (secondary N) is 1. The number of hydrogen-bond donors (Lipinski definition) is 2. The fourth-order valence-electron chi connectivity index (χ4n) is 2.58. The van der Waals surface area contributed by atoms with E-state index in [1.54, 1.807) is 0 Å². The number of rotatable bonds is 8. The largest absolute Gasteiger partial charge is 0.387 e. The Bertz CT molecular complexity index is 577. The Balaban J connectivity index is 1.89. The van der Waals surface area contributed by atoms with Gasteiger partial charge >= 0.3 is 0 Å². The number of aryl methyl sites for hydroxylation is 2. The van der Waals surface area contributed by atoms with Crippen LogP contribution in [0, 0.1) is 6.92 Å². The number of aliphatic hydroxyl groups is 1. The minimum Gasteiger partial charge on any atom is -0.387 e. The van der Waals surface area contributed by atoms with Crippen LogP contribution in [0.3, 0.4) is 0 Å². The molecule has 4 heteroatoms. The highest BCUT2D eigenvalue weighted by Gasteiger charge is 2.10. The Hall–Kier alpha value is -1.39. The zero-order chi connectivity index (χ0) is 15.2. The zero-order valence-electron chi connectivity index (χ0n) is 13.4. The van der Waals surface area contributed by atoms with Gasteiger partial charge in [0, 0.05) is 13.6 Å². The highest BCUT2D eigenvalue weighted by atomic mass is 16.3. The number of hydrogen-bond acceptors (Lipinski definition) is 3. The molecule has 0 saturated carbocycles. The third-order valence-electron chi connectivity index (χ3n) is 4.06. The zero-order valence-corrected chi connectivity index (χ0v) is 13.4. The van der Waals surface area contributed by atoms with Crippen LogP contribution in [0.5, 0.6) is 0 Å². The van der Waals surface area contributed by atoms with Crippen molar-refractivity contribution in [3.05, 3.63) is 29.6 Å². The minimum absolute atomic E-state index is 0.470. The maximum absolute atomic E-state index is 10.3. The summed E-state index contributed by atoms with van der Waals surface area (Å²) in [7, 11) is 2.01. The summed E-state index contributed by atoms with van der Waals surface area (Å²) in [4.78, 5) is 4.52. The smallest absolute Gasteiger partial charge is 0.106 e. The number of imidazole rings is 1. The molecule has 0 aliphatic rings. The van der Waals surface area contributed by atoms with Gasteiger partial charge in [0.15, 0.2) is 0 Å². The Morgan fingerprint density at radius 3 is 2.86 bits per heavy atom. The molecule has 1 atom stereocenters. The summed E-state index contributed by atoms with van der Waals surface area (Å²) in [5.41, 5.74) is 2.99. The van der Waals surface area contributed by atoms with Crippen molar-refractivity contribution in [2.45, 2.75) is 45.6 Å². The standard InChI is InChI=1S/C17H27N3O/c1-4-5-6-7-10-18-12-17(21)14-8-9-16-15(11-14)19-13(2)20(16)3/h8-9,11,17-18,21H,4-7,10,12H2,1-3H3. The van der Waals surface area contributed by atoms with E-state index in [0.717, 1.165) is 29.0 Å². The molecule has 0 spiro atoms. The highest BCUT2D eigenvalue weighted by molar-refractivity contribution is 5.76. The molecule has 1 aromatic heterocycles. The summed E-state index contributed by atoms with van der Waals surface area (Å²) in [5, 5.41) is 13.6. The molecule has 1 unspecified atom stereocenters. The Morgan fingerprint density at radius 2 is 2.10 bits per heavy atom. The molecule has 0 aliphatic heterocycles. The average Bonchev–Trinajstić information content (AvgIpc) is 2.77.